The van der Waals surface area contributed by atoms with Gasteiger partial charge in [0.2, 0.25) is 0 Å². The lowest BCUT2D eigenvalue weighted by Crippen LogP contribution is -2.10. The van der Waals surface area contributed by atoms with Crippen molar-refractivity contribution in [2.45, 2.75) is 46.0 Å². The Bertz CT molecular complexity index is 1130. The summed E-state index contributed by atoms with van der Waals surface area (Å²) < 4.78 is 2.08. The molecule has 0 aliphatic carbocycles. The van der Waals surface area contributed by atoms with Crippen LogP contribution in [-0.4, -0.2) is 17.4 Å². The van der Waals surface area contributed by atoms with Crippen LogP contribution in [-0.2, 0) is 13.0 Å². The van der Waals surface area contributed by atoms with Crippen LogP contribution in [0.15, 0.2) is 91.3 Å². The SMILES string of the molecule is BCC(c1ccccc1)c1ccccc1.Cc1cccc(C)c1Cc1nccn1CC(C)C#N. The fourth-order valence-corrected chi connectivity index (χ4v) is 4.33. The maximum Gasteiger partial charge on any atom is 0.113 e. The van der Waals surface area contributed by atoms with Crippen molar-refractivity contribution in [1.29, 1.82) is 5.26 Å². The van der Waals surface area contributed by atoms with E-state index in [0.29, 0.717) is 12.5 Å². The molecule has 0 saturated carbocycles. The number of imidazole rings is 1. The Morgan fingerprint density at radius 1 is 0.882 bits per heavy atom. The number of nitriles is 1. The Kier molecular flexibility index (Phi) is 9.29. The van der Waals surface area contributed by atoms with E-state index in [1.165, 1.54) is 27.8 Å². The number of hydrogen-bond donors (Lipinski definition) is 0. The van der Waals surface area contributed by atoms with E-state index < -0.39 is 0 Å². The summed E-state index contributed by atoms with van der Waals surface area (Å²) >= 11 is 0. The summed E-state index contributed by atoms with van der Waals surface area (Å²) in [4.78, 5) is 4.43. The van der Waals surface area contributed by atoms with E-state index in [2.05, 4.69) is 116 Å². The average molecular weight is 447 g/mol. The number of benzene rings is 3. The fraction of sp³-hybridized carbons (Fsp3) is 0.267. The first-order valence-corrected chi connectivity index (χ1v) is 12.1. The quantitative estimate of drug-likeness (QED) is 0.320. The van der Waals surface area contributed by atoms with Crippen molar-refractivity contribution in [2.24, 2.45) is 5.92 Å². The van der Waals surface area contributed by atoms with Gasteiger partial charge in [-0.1, -0.05) is 85.2 Å². The van der Waals surface area contributed by atoms with Crippen LogP contribution in [0.4, 0.5) is 0 Å². The van der Waals surface area contributed by atoms with Crippen LogP contribution < -0.4 is 0 Å². The van der Waals surface area contributed by atoms with Crippen molar-refractivity contribution in [3.63, 3.8) is 0 Å². The van der Waals surface area contributed by atoms with Crippen molar-refractivity contribution >= 4 is 7.85 Å². The third-order valence-electron chi connectivity index (χ3n) is 6.28. The molecular weight excluding hydrogens is 413 g/mol. The highest BCUT2D eigenvalue weighted by Gasteiger charge is 2.11. The van der Waals surface area contributed by atoms with Gasteiger partial charge in [0.25, 0.3) is 0 Å². The number of aryl methyl sites for hydroxylation is 2. The summed E-state index contributed by atoms with van der Waals surface area (Å²) in [7, 11) is 2.24. The fourth-order valence-electron chi connectivity index (χ4n) is 4.33. The van der Waals surface area contributed by atoms with Gasteiger partial charge in [-0.3, -0.25) is 0 Å². The molecule has 1 unspecified atom stereocenters. The van der Waals surface area contributed by atoms with E-state index in [-0.39, 0.29) is 5.92 Å². The molecule has 3 aromatic carbocycles. The summed E-state index contributed by atoms with van der Waals surface area (Å²) in [5.74, 6) is 1.57. The maximum absolute atomic E-state index is 8.92. The van der Waals surface area contributed by atoms with Crippen LogP contribution >= 0.6 is 0 Å². The molecule has 0 N–H and O–H groups in total. The zero-order chi connectivity index (χ0) is 24.3. The lowest BCUT2D eigenvalue weighted by Gasteiger charge is -2.15. The van der Waals surface area contributed by atoms with Gasteiger partial charge in [0.1, 0.15) is 13.7 Å². The van der Waals surface area contributed by atoms with E-state index in [4.69, 9.17) is 5.26 Å². The van der Waals surface area contributed by atoms with E-state index in [0.717, 1.165) is 18.6 Å². The molecule has 0 bridgehead atoms. The monoisotopic (exact) mass is 447 g/mol. The predicted molar refractivity (Wildman–Crippen MR) is 144 cm³/mol. The van der Waals surface area contributed by atoms with Crippen molar-refractivity contribution in [2.75, 3.05) is 0 Å². The predicted octanol–water partition coefficient (Wildman–Crippen LogP) is 6.12. The molecule has 0 aliphatic heterocycles. The smallest absolute Gasteiger partial charge is 0.113 e. The van der Waals surface area contributed by atoms with Crippen LogP contribution in [0.2, 0.25) is 6.32 Å². The Labute approximate surface area is 205 Å². The van der Waals surface area contributed by atoms with Crippen molar-refractivity contribution < 1.29 is 0 Å². The molecule has 1 atom stereocenters. The highest BCUT2D eigenvalue weighted by Crippen LogP contribution is 2.26. The highest BCUT2D eigenvalue weighted by atomic mass is 15.1. The molecule has 34 heavy (non-hydrogen) atoms. The Hall–Kier alpha value is -3.58. The van der Waals surface area contributed by atoms with Crippen LogP contribution in [0.3, 0.4) is 0 Å². The first-order valence-electron chi connectivity index (χ1n) is 12.1. The Balaban J connectivity index is 0.000000196. The van der Waals surface area contributed by atoms with Crippen LogP contribution in [0.1, 0.15) is 46.5 Å². The molecule has 4 aromatic rings. The van der Waals surface area contributed by atoms with Gasteiger partial charge in [0.05, 0.1) is 12.0 Å². The molecule has 0 spiro atoms. The molecule has 4 rings (SSSR count). The summed E-state index contributed by atoms with van der Waals surface area (Å²) in [6, 6.07) is 30.0. The molecule has 172 valence electrons. The van der Waals surface area contributed by atoms with E-state index >= 15 is 0 Å². The normalized spacial score (nSPS) is 11.4. The summed E-state index contributed by atoms with van der Waals surface area (Å²) in [5, 5.41) is 8.92. The van der Waals surface area contributed by atoms with Gasteiger partial charge < -0.3 is 4.57 Å². The lowest BCUT2D eigenvalue weighted by atomic mass is 9.81. The first kappa shape index (κ1) is 25.1. The minimum atomic E-state index is 0.00548. The van der Waals surface area contributed by atoms with Gasteiger partial charge in [-0.25, -0.2) is 4.98 Å². The van der Waals surface area contributed by atoms with Crippen LogP contribution in [0, 0.1) is 31.1 Å². The van der Waals surface area contributed by atoms with E-state index in [1.54, 1.807) is 0 Å². The van der Waals surface area contributed by atoms with E-state index in [9.17, 15) is 0 Å². The highest BCUT2D eigenvalue weighted by molar-refractivity contribution is 6.09. The summed E-state index contributed by atoms with van der Waals surface area (Å²) in [5.41, 5.74) is 6.74. The summed E-state index contributed by atoms with van der Waals surface area (Å²) in [6.45, 7) is 6.90. The average Bonchev–Trinajstić information content (AvgIpc) is 3.30. The number of hydrogen-bond acceptors (Lipinski definition) is 2. The standard InChI is InChI=1S/C16H19N3.C14H15B/c1-12(10-17)11-19-8-7-18-16(19)9-15-13(2)5-4-6-14(15)3;15-11-14(12-7-3-1-4-8-12)13-9-5-2-6-10-13/h4-8,12H,9,11H2,1-3H3;1-10,14H,11,15H2. The Morgan fingerprint density at radius 3 is 1.94 bits per heavy atom. The van der Waals surface area contributed by atoms with Gasteiger partial charge in [0, 0.05) is 31.3 Å². The molecular formula is C30H34BN3. The molecule has 1 aromatic heterocycles. The van der Waals surface area contributed by atoms with E-state index in [1.807, 2.05) is 19.3 Å². The molecule has 4 heteroatoms. The van der Waals surface area contributed by atoms with Crippen molar-refractivity contribution in [1.82, 2.24) is 9.55 Å². The third-order valence-corrected chi connectivity index (χ3v) is 6.28. The zero-order valence-corrected chi connectivity index (χ0v) is 20.8. The molecule has 0 radical (unpaired) electrons. The van der Waals surface area contributed by atoms with Gasteiger partial charge >= 0.3 is 0 Å². The second-order valence-electron chi connectivity index (χ2n) is 8.86. The maximum atomic E-state index is 8.92. The zero-order valence-electron chi connectivity index (χ0n) is 20.8. The minimum Gasteiger partial charge on any atom is -0.333 e. The third kappa shape index (κ3) is 6.72. The topological polar surface area (TPSA) is 41.6 Å². The Morgan fingerprint density at radius 2 is 1.44 bits per heavy atom. The van der Waals surface area contributed by atoms with Crippen molar-refractivity contribution in [3.05, 3.63) is 125 Å². The molecule has 3 nitrogen and oxygen atoms in total. The van der Waals surface area contributed by atoms with Crippen molar-refractivity contribution in [3.8, 4) is 6.07 Å². The first-order chi connectivity index (χ1) is 16.5. The number of rotatable bonds is 7. The van der Waals surface area contributed by atoms with Crippen LogP contribution in [0.25, 0.3) is 0 Å². The van der Waals surface area contributed by atoms with Gasteiger partial charge in [-0.05, 0) is 48.6 Å². The number of nitrogens with zero attached hydrogens (tertiary/aromatic N) is 3. The van der Waals surface area contributed by atoms with Gasteiger partial charge in [0.15, 0.2) is 0 Å². The minimum absolute atomic E-state index is 0.00548. The number of aromatic nitrogens is 2. The van der Waals surface area contributed by atoms with Gasteiger partial charge in [-0.15, -0.1) is 0 Å². The second-order valence-corrected chi connectivity index (χ2v) is 8.86. The molecule has 0 amide bonds. The summed E-state index contributed by atoms with van der Waals surface area (Å²) in [6.07, 6.45) is 5.74. The second kappa shape index (κ2) is 12.6. The van der Waals surface area contributed by atoms with Crippen LogP contribution in [0.5, 0.6) is 0 Å². The molecule has 0 saturated heterocycles. The van der Waals surface area contributed by atoms with Gasteiger partial charge in [-0.2, -0.15) is 5.26 Å². The largest absolute Gasteiger partial charge is 0.333 e. The molecule has 0 aliphatic rings. The molecule has 0 fully saturated rings. The lowest BCUT2D eigenvalue weighted by molar-refractivity contribution is 0.561. The molecule has 1 heterocycles.